The van der Waals surface area contributed by atoms with Crippen molar-refractivity contribution in [2.45, 2.75) is 110 Å². The Morgan fingerprint density at radius 2 is 1.49 bits per heavy atom. The molecule has 0 spiro atoms. The Balaban J connectivity index is 1.62. The second-order valence-electron chi connectivity index (χ2n) is 14.7. The Morgan fingerprint density at radius 1 is 0.849 bits per heavy atom. The molecule has 290 valence electrons. The zero-order chi connectivity index (χ0) is 39.2. The number of rotatable bonds is 15. The number of anilines is 1. The van der Waals surface area contributed by atoms with E-state index in [9.17, 15) is 28.8 Å². The Hall–Kier alpha value is -4.79. The Morgan fingerprint density at radius 3 is 2.09 bits per heavy atom. The van der Waals surface area contributed by atoms with Crippen molar-refractivity contribution < 1.29 is 43.0 Å². The number of esters is 1. The molecule has 0 unspecified atom stereocenters. The van der Waals surface area contributed by atoms with Crippen LogP contribution in [0.4, 0.5) is 15.3 Å². The highest BCUT2D eigenvalue weighted by atomic mass is 32.2. The Labute approximate surface area is 315 Å². The molecule has 1 fully saturated rings. The normalized spacial score (nSPS) is 14.6. The molecule has 2 aromatic carbocycles. The summed E-state index contributed by atoms with van der Waals surface area (Å²) in [6, 6.07) is 14.1. The fourth-order valence-corrected chi connectivity index (χ4v) is 6.26. The number of thioether (sulfide) groups is 1. The first kappa shape index (κ1) is 42.6. The number of amides is 5. The lowest BCUT2D eigenvalue weighted by molar-refractivity contribution is -0.153. The van der Waals surface area contributed by atoms with Crippen molar-refractivity contribution >= 4 is 53.3 Å². The van der Waals surface area contributed by atoms with Gasteiger partial charge in [0.05, 0.1) is 11.9 Å². The lowest BCUT2D eigenvalue weighted by Crippen LogP contribution is -2.52. The molecule has 1 aliphatic heterocycles. The van der Waals surface area contributed by atoms with Gasteiger partial charge in [-0.25, -0.2) is 9.59 Å². The molecule has 53 heavy (non-hydrogen) atoms. The maximum Gasteiger partial charge on any atom is 0.408 e. The van der Waals surface area contributed by atoms with Crippen molar-refractivity contribution in [3.05, 3.63) is 65.7 Å². The van der Waals surface area contributed by atoms with E-state index in [1.165, 1.54) is 6.92 Å². The van der Waals surface area contributed by atoms with E-state index in [-0.39, 0.29) is 37.6 Å². The van der Waals surface area contributed by atoms with E-state index in [4.69, 9.17) is 14.2 Å². The van der Waals surface area contributed by atoms with Crippen LogP contribution in [0.1, 0.15) is 78.9 Å². The molecular weight excluding hydrogens is 703 g/mol. The number of hydrogen-bond donors (Lipinski definition) is 4. The molecule has 14 nitrogen and oxygen atoms in total. The number of ether oxygens (including phenoxy) is 3. The summed E-state index contributed by atoms with van der Waals surface area (Å²) >= 11 is 1.64. The highest BCUT2D eigenvalue weighted by Crippen LogP contribution is 2.19. The molecule has 0 bridgehead atoms. The summed E-state index contributed by atoms with van der Waals surface area (Å²) in [4.78, 5) is 78.7. The molecule has 0 aliphatic carbocycles. The smallest absolute Gasteiger partial charge is 0.408 e. The van der Waals surface area contributed by atoms with E-state index in [1.807, 2.05) is 30.3 Å². The summed E-state index contributed by atoms with van der Waals surface area (Å²) in [5.74, 6) is -0.473. The molecule has 3 rings (SSSR count). The van der Waals surface area contributed by atoms with E-state index in [0.717, 1.165) is 11.3 Å². The van der Waals surface area contributed by atoms with Gasteiger partial charge >= 0.3 is 18.2 Å². The molecule has 0 radical (unpaired) electrons. The van der Waals surface area contributed by atoms with Gasteiger partial charge < -0.3 is 40.4 Å². The van der Waals surface area contributed by atoms with Crippen molar-refractivity contribution in [2.24, 2.45) is 0 Å². The van der Waals surface area contributed by atoms with Gasteiger partial charge in [0.25, 0.3) is 5.91 Å². The molecule has 1 saturated heterocycles. The zero-order valence-electron chi connectivity index (χ0n) is 31.6. The Kier molecular flexibility index (Phi) is 16.0. The predicted molar refractivity (Wildman–Crippen MR) is 202 cm³/mol. The van der Waals surface area contributed by atoms with Crippen LogP contribution in [-0.2, 0) is 46.4 Å². The largest absolute Gasteiger partial charge is 0.450 e. The first-order valence-corrected chi connectivity index (χ1v) is 18.8. The second-order valence-corrected chi connectivity index (χ2v) is 15.7. The van der Waals surface area contributed by atoms with Crippen molar-refractivity contribution in [3.63, 3.8) is 0 Å². The summed E-state index contributed by atoms with van der Waals surface area (Å²) in [5.41, 5.74) is 0.324. The van der Waals surface area contributed by atoms with Crippen LogP contribution in [0.3, 0.4) is 0 Å². The third kappa shape index (κ3) is 16.2. The number of carbonyl (C=O) groups excluding carboxylic acids is 6. The van der Waals surface area contributed by atoms with E-state index >= 15 is 0 Å². The van der Waals surface area contributed by atoms with Gasteiger partial charge in [0.2, 0.25) is 17.9 Å². The molecule has 2 aromatic rings. The fourth-order valence-electron chi connectivity index (χ4n) is 5.30. The van der Waals surface area contributed by atoms with Crippen molar-refractivity contribution in [1.29, 1.82) is 0 Å². The van der Waals surface area contributed by atoms with Gasteiger partial charge in [-0.05, 0) is 84.1 Å². The summed E-state index contributed by atoms with van der Waals surface area (Å²) in [6.45, 7) is 12.3. The van der Waals surface area contributed by atoms with Crippen LogP contribution in [0.2, 0.25) is 0 Å². The van der Waals surface area contributed by atoms with E-state index in [1.54, 1.807) is 82.5 Å². The highest BCUT2D eigenvalue weighted by molar-refractivity contribution is 7.99. The molecule has 4 N–H and O–H groups in total. The maximum atomic E-state index is 13.7. The van der Waals surface area contributed by atoms with Gasteiger partial charge in [-0.15, -0.1) is 11.8 Å². The minimum Gasteiger partial charge on any atom is -0.450 e. The second kappa shape index (κ2) is 19.9. The van der Waals surface area contributed by atoms with E-state index in [2.05, 4.69) is 21.3 Å². The average Bonchev–Trinajstić information content (AvgIpc) is 3.59. The van der Waals surface area contributed by atoms with Crippen LogP contribution in [0, 0.1) is 0 Å². The lowest BCUT2D eigenvalue weighted by Gasteiger charge is -2.28. The topological polar surface area (TPSA) is 181 Å². The molecule has 15 heteroatoms. The average molecular weight is 756 g/mol. The third-order valence-corrected chi connectivity index (χ3v) is 8.52. The molecular formula is C38H53N5O9S. The standard InChI is InChI=1S/C38H53N5O9S/c1-25(44)50-32(30(22-26-13-9-8-10-14-26)42-36(49)52-38(5,6)7)33(46)40-28-16-11-15-27(21-28)23-39-31(45)18-12-17-29(34(47)43-19-20-53-24-43)41-35(48)51-37(2,3)4/h8-11,13-16,21,29-30,32H,12,17-20,22-24H2,1-7H3,(H,39,45)(H,40,46)(H,41,48)(H,42,49)/t29-,30+,32-/m0/s1. The van der Waals surface area contributed by atoms with Gasteiger partial charge in [-0.3, -0.25) is 19.2 Å². The van der Waals surface area contributed by atoms with Crippen LogP contribution in [0.15, 0.2) is 54.6 Å². The predicted octanol–water partition coefficient (Wildman–Crippen LogP) is 4.91. The number of nitrogens with one attached hydrogen (secondary N) is 4. The van der Waals surface area contributed by atoms with Gasteiger partial charge in [-0.1, -0.05) is 42.5 Å². The Bertz CT molecular complexity index is 1570. The van der Waals surface area contributed by atoms with Gasteiger partial charge in [0, 0.05) is 37.9 Å². The molecule has 0 saturated carbocycles. The van der Waals surface area contributed by atoms with Gasteiger partial charge in [0.15, 0.2) is 0 Å². The van der Waals surface area contributed by atoms with Crippen LogP contribution in [-0.4, -0.2) is 88.3 Å². The number of carbonyl (C=O) groups is 6. The van der Waals surface area contributed by atoms with E-state index < -0.39 is 53.5 Å². The van der Waals surface area contributed by atoms with E-state index in [0.29, 0.717) is 30.1 Å². The number of hydrogen-bond acceptors (Lipinski definition) is 10. The number of benzene rings is 2. The van der Waals surface area contributed by atoms with Crippen LogP contribution >= 0.6 is 11.8 Å². The highest BCUT2D eigenvalue weighted by Gasteiger charge is 2.34. The van der Waals surface area contributed by atoms with Crippen molar-refractivity contribution in [3.8, 4) is 0 Å². The monoisotopic (exact) mass is 755 g/mol. The summed E-state index contributed by atoms with van der Waals surface area (Å²) in [5, 5.41) is 11.0. The molecule has 1 heterocycles. The quantitative estimate of drug-likeness (QED) is 0.144. The molecule has 3 atom stereocenters. The third-order valence-electron chi connectivity index (χ3n) is 7.55. The lowest BCUT2D eigenvalue weighted by atomic mass is 10.00. The van der Waals surface area contributed by atoms with Crippen LogP contribution in [0.5, 0.6) is 0 Å². The van der Waals surface area contributed by atoms with Crippen molar-refractivity contribution in [2.75, 3.05) is 23.5 Å². The van der Waals surface area contributed by atoms with Gasteiger partial charge in [0.1, 0.15) is 17.2 Å². The van der Waals surface area contributed by atoms with Crippen molar-refractivity contribution in [1.82, 2.24) is 20.9 Å². The summed E-state index contributed by atoms with van der Waals surface area (Å²) in [7, 11) is 0. The molecule has 5 amide bonds. The number of alkyl carbamates (subject to hydrolysis) is 2. The summed E-state index contributed by atoms with van der Waals surface area (Å²) < 4.78 is 16.2. The first-order valence-electron chi connectivity index (χ1n) is 17.6. The molecule has 1 aliphatic rings. The minimum atomic E-state index is -1.41. The van der Waals surface area contributed by atoms with Crippen LogP contribution in [0.25, 0.3) is 0 Å². The SMILES string of the molecule is CC(=O)O[C@H](C(=O)Nc1cccc(CNC(=O)CCC[C@H](NC(=O)OC(C)(C)C)C(=O)N2CCSC2)c1)[C@@H](Cc1ccccc1)NC(=O)OC(C)(C)C. The maximum absolute atomic E-state index is 13.7. The number of nitrogens with zero attached hydrogens (tertiary/aromatic N) is 1. The first-order chi connectivity index (χ1) is 24.9. The summed E-state index contributed by atoms with van der Waals surface area (Å²) in [6.07, 6.45) is -1.99. The molecule has 0 aromatic heterocycles. The van der Waals surface area contributed by atoms with Gasteiger partial charge in [-0.2, -0.15) is 0 Å². The zero-order valence-corrected chi connectivity index (χ0v) is 32.4. The van der Waals surface area contributed by atoms with Crippen LogP contribution < -0.4 is 21.3 Å². The fraction of sp³-hybridized carbons (Fsp3) is 0.526. The minimum absolute atomic E-state index is 0.114.